The molecular formula is C18H31NO4Si. The van der Waals surface area contributed by atoms with Crippen molar-refractivity contribution in [2.24, 2.45) is 5.92 Å². The van der Waals surface area contributed by atoms with Gasteiger partial charge in [0.2, 0.25) is 8.32 Å². The fraction of sp³-hybridized carbons (Fsp3) is 0.667. The van der Waals surface area contributed by atoms with Crippen molar-refractivity contribution >= 4 is 20.3 Å². The third-order valence-corrected chi connectivity index (χ3v) is 9.22. The molecule has 0 spiro atoms. The highest BCUT2D eigenvalue weighted by atomic mass is 28.4. The number of carbonyl (C=O) groups excluding carboxylic acids is 2. The highest BCUT2D eigenvalue weighted by Gasteiger charge is 2.38. The standard InChI is InChI=1S/C18H31NO4Si/c1-14(15(2)13-23-24(6,7)18(3,4)5)9-8-10-16(20)19-11-12-22-17(19)21/h8,10,13-14H,9,11-12H2,1-7H3/b10-8+,15-13-/t14-/m1/s1. The third-order valence-electron chi connectivity index (χ3n) is 4.90. The van der Waals surface area contributed by atoms with E-state index in [9.17, 15) is 9.59 Å². The van der Waals surface area contributed by atoms with Gasteiger partial charge in [-0.05, 0) is 49.0 Å². The van der Waals surface area contributed by atoms with Gasteiger partial charge in [0, 0.05) is 0 Å². The number of ether oxygens (including phenoxy) is 1. The Morgan fingerprint density at radius 3 is 2.54 bits per heavy atom. The maximum atomic E-state index is 11.9. The summed E-state index contributed by atoms with van der Waals surface area (Å²) in [5.74, 6) is -0.0480. The normalized spacial score (nSPS) is 18.0. The first-order valence-corrected chi connectivity index (χ1v) is 11.4. The van der Waals surface area contributed by atoms with Crippen molar-refractivity contribution in [2.45, 2.75) is 59.2 Å². The fourth-order valence-electron chi connectivity index (χ4n) is 1.78. The van der Waals surface area contributed by atoms with E-state index in [1.54, 1.807) is 0 Å². The lowest BCUT2D eigenvalue weighted by Crippen LogP contribution is -2.39. The first-order chi connectivity index (χ1) is 11.0. The van der Waals surface area contributed by atoms with Crippen LogP contribution in [-0.2, 0) is 14.0 Å². The van der Waals surface area contributed by atoms with Crippen LogP contribution in [0.2, 0.25) is 18.1 Å². The zero-order valence-corrected chi connectivity index (χ0v) is 17.0. The Balaban J connectivity index is 2.53. The van der Waals surface area contributed by atoms with Crippen molar-refractivity contribution in [3.8, 4) is 0 Å². The summed E-state index contributed by atoms with van der Waals surface area (Å²) in [5, 5.41) is 0.170. The van der Waals surface area contributed by atoms with Gasteiger partial charge in [-0.3, -0.25) is 4.79 Å². The molecule has 1 aliphatic rings. The number of rotatable bonds is 6. The molecule has 1 rings (SSSR count). The summed E-state index contributed by atoms with van der Waals surface area (Å²) in [5.41, 5.74) is 1.15. The molecule has 0 saturated carbocycles. The van der Waals surface area contributed by atoms with E-state index in [0.717, 1.165) is 16.9 Å². The zero-order chi connectivity index (χ0) is 18.5. The highest BCUT2D eigenvalue weighted by Crippen LogP contribution is 2.37. The SMILES string of the molecule is C/C(=C/O[Si](C)(C)C(C)(C)C)[C@H](C)C/C=C/C(=O)N1CCOC1=O. The molecule has 6 heteroatoms. The van der Waals surface area contributed by atoms with Crippen molar-refractivity contribution in [1.82, 2.24) is 4.90 Å². The van der Waals surface area contributed by atoms with E-state index in [-0.39, 0.29) is 23.5 Å². The average molecular weight is 354 g/mol. The van der Waals surface area contributed by atoms with Gasteiger partial charge in [-0.2, -0.15) is 0 Å². The van der Waals surface area contributed by atoms with Gasteiger partial charge in [-0.25, -0.2) is 9.69 Å². The smallest absolute Gasteiger partial charge is 0.416 e. The second kappa shape index (κ2) is 8.01. The summed E-state index contributed by atoms with van der Waals surface area (Å²) in [6.07, 6.45) is 5.30. The topological polar surface area (TPSA) is 55.8 Å². The van der Waals surface area contributed by atoms with Crippen LogP contribution in [0.4, 0.5) is 4.79 Å². The Hall–Kier alpha value is -1.56. The monoisotopic (exact) mass is 353 g/mol. The molecule has 0 N–H and O–H groups in total. The van der Waals surface area contributed by atoms with Crippen LogP contribution >= 0.6 is 0 Å². The van der Waals surface area contributed by atoms with Gasteiger partial charge < -0.3 is 9.16 Å². The molecule has 1 atom stereocenters. The molecule has 1 aliphatic heterocycles. The van der Waals surface area contributed by atoms with Crippen LogP contribution < -0.4 is 0 Å². The molecule has 1 heterocycles. The van der Waals surface area contributed by atoms with Crippen LogP contribution in [0.25, 0.3) is 0 Å². The van der Waals surface area contributed by atoms with Crippen molar-refractivity contribution in [2.75, 3.05) is 13.2 Å². The van der Waals surface area contributed by atoms with E-state index in [4.69, 9.17) is 9.16 Å². The van der Waals surface area contributed by atoms with Crippen LogP contribution in [0.3, 0.4) is 0 Å². The minimum Gasteiger partial charge on any atom is -0.549 e. The Morgan fingerprint density at radius 2 is 2.04 bits per heavy atom. The number of cyclic esters (lactones) is 1. The molecule has 0 aromatic rings. The van der Waals surface area contributed by atoms with Gasteiger partial charge in [0.05, 0.1) is 12.8 Å². The predicted octanol–water partition coefficient (Wildman–Crippen LogP) is 4.47. The molecule has 1 saturated heterocycles. The second-order valence-electron chi connectivity index (χ2n) is 7.88. The molecule has 24 heavy (non-hydrogen) atoms. The molecule has 0 radical (unpaired) electrons. The number of allylic oxidation sites excluding steroid dienone is 2. The molecule has 0 aliphatic carbocycles. The Labute approximate surface area is 146 Å². The quantitative estimate of drug-likeness (QED) is 0.401. The van der Waals surface area contributed by atoms with E-state index >= 15 is 0 Å². The summed E-state index contributed by atoms with van der Waals surface area (Å²) in [6, 6.07) is 0. The first-order valence-electron chi connectivity index (χ1n) is 8.45. The summed E-state index contributed by atoms with van der Waals surface area (Å²) in [4.78, 5) is 24.3. The Bertz CT molecular complexity index is 532. The molecule has 0 aromatic heterocycles. The minimum atomic E-state index is -1.79. The van der Waals surface area contributed by atoms with E-state index < -0.39 is 14.4 Å². The van der Waals surface area contributed by atoms with Crippen LogP contribution in [0, 0.1) is 5.92 Å². The largest absolute Gasteiger partial charge is 0.549 e. The van der Waals surface area contributed by atoms with Gasteiger partial charge in [0.25, 0.3) is 5.91 Å². The molecule has 0 unspecified atom stereocenters. The highest BCUT2D eigenvalue weighted by molar-refractivity contribution is 6.74. The van der Waals surface area contributed by atoms with Crippen LogP contribution in [0.5, 0.6) is 0 Å². The lowest BCUT2D eigenvalue weighted by Gasteiger charge is -2.35. The first kappa shape index (κ1) is 20.5. The van der Waals surface area contributed by atoms with Crippen LogP contribution in [0.15, 0.2) is 24.0 Å². The second-order valence-corrected chi connectivity index (χ2v) is 12.6. The lowest BCUT2D eigenvalue weighted by atomic mass is 10.00. The van der Waals surface area contributed by atoms with E-state index in [2.05, 4.69) is 40.8 Å². The van der Waals surface area contributed by atoms with Gasteiger partial charge in [0.1, 0.15) is 6.61 Å². The van der Waals surface area contributed by atoms with Gasteiger partial charge >= 0.3 is 6.09 Å². The van der Waals surface area contributed by atoms with Crippen LogP contribution in [-0.4, -0.2) is 38.4 Å². The van der Waals surface area contributed by atoms with Crippen LogP contribution in [0.1, 0.15) is 41.0 Å². The molecule has 1 fully saturated rings. The Kier molecular flexibility index (Phi) is 6.83. The van der Waals surface area contributed by atoms with Gasteiger partial charge in [-0.1, -0.05) is 33.8 Å². The average Bonchev–Trinajstić information content (AvgIpc) is 2.89. The molecule has 136 valence electrons. The number of carbonyl (C=O) groups is 2. The molecule has 2 amide bonds. The molecule has 0 bridgehead atoms. The van der Waals surface area contributed by atoms with Gasteiger partial charge in [-0.15, -0.1) is 0 Å². The maximum Gasteiger partial charge on any atom is 0.416 e. The predicted molar refractivity (Wildman–Crippen MR) is 98.0 cm³/mol. The number of amides is 2. The van der Waals surface area contributed by atoms with E-state index in [0.29, 0.717) is 6.54 Å². The molecule has 5 nitrogen and oxygen atoms in total. The van der Waals surface area contributed by atoms with Crippen molar-refractivity contribution < 1.29 is 18.8 Å². The summed E-state index contributed by atoms with van der Waals surface area (Å²) in [6.45, 7) is 15.8. The zero-order valence-electron chi connectivity index (χ0n) is 16.0. The minimum absolute atomic E-state index is 0.170. The van der Waals surface area contributed by atoms with Crippen molar-refractivity contribution in [3.05, 3.63) is 24.0 Å². The summed E-state index contributed by atoms with van der Waals surface area (Å²) >= 11 is 0. The molecular weight excluding hydrogens is 322 g/mol. The Morgan fingerprint density at radius 1 is 1.42 bits per heavy atom. The fourth-order valence-corrected chi connectivity index (χ4v) is 2.61. The van der Waals surface area contributed by atoms with Gasteiger partial charge in [0.15, 0.2) is 0 Å². The lowest BCUT2D eigenvalue weighted by molar-refractivity contribution is -0.122. The van der Waals surface area contributed by atoms with E-state index in [1.165, 1.54) is 6.08 Å². The van der Waals surface area contributed by atoms with Crippen molar-refractivity contribution in [3.63, 3.8) is 0 Å². The van der Waals surface area contributed by atoms with Crippen molar-refractivity contribution in [1.29, 1.82) is 0 Å². The number of imide groups is 1. The number of hydrogen-bond donors (Lipinski definition) is 0. The van der Waals surface area contributed by atoms with E-state index in [1.807, 2.05) is 19.3 Å². The summed E-state index contributed by atoms with van der Waals surface area (Å²) < 4.78 is 10.9. The summed E-state index contributed by atoms with van der Waals surface area (Å²) in [7, 11) is -1.79. The third kappa shape index (κ3) is 5.51. The molecule has 0 aromatic carbocycles. The maximum absolute atomic E-state index is 11.9. The number of nitrogens with zero attached hydrogens (tertiary/aromatic N) is 1. The number of hydrogen-bond acceptors (Lipinski definition) is 4.